The number of carbonyl (C=O) groups is 2. The molecule has 6 nitrogen and oxygen atoms in total. The van der Waals surface area contributed by atoms with E-state index >= 15 is 0 Å². The van der Waals surface area contributed by atoms with Crippen LogP contribution in [-0.4, -0.2) is 61.0 Å². The van der Waals surface area contributed by atoms with Gasteiger partial charge >= 0.3 is 18.2 Å². The number of nitrogens with zero attached hydrogens (tertiary/aromatic N) is 1. The molecule has 1 aliphatic carbocycles. The molecule has 9 heteroatoms. The van der Waals surface area contributed by atoms with Crippen LogP contribution in [0, 0.1) is 17.8 Å². The van der Waals surface area contributed by atoms with Crippen molar-refractivity contribution >= 4 is 12.0 Å². The second-order valence-electron chi connectivity index (χ2n) is 6.46. The third kappa shape index (κ3) is 4.99. The van der Waals surface area contributed by atoms with Gasteiger partial charge in [-0.25, -0.2) is 4.79 Å². The molecule has 0 aromatic heterocycles. The molecule has 0 radical (unpaired) electrons. The number of nitrogens with one attached hydrogen (secondary N) is 1. The molecule has 1 heterocycles. The van der Waals surface area contributed by atoms with Crippen LogP contribution in [0.2, 0.25) is 0 Å². The second kappa shape index (κ2) is 8.04. The first-order valence-electron chi connectivity index (χ1n) is 8.19. The van der Waals surface area contributed by atoms with E-state index in [-0.39, 0.29) is 6.54 Å². The number of hydrogen-bond acceptors (Lipinski definition) is 3. The normalized spacial score (nSPS) is 25.2. The Morgan fingerprint density at radius 3 is 2.42 bits per heavy atom. The fourth-order valence-electron chi connectivity index (χ4n) is 3.32. The molecule has 1 saturated heterocycles. The number of amides is 2. The molecule has 0 spiro atoms. The van der Waals surface area contributed by atoms with Crippen LogP contribution in [0.25, 0.3) is 0 Å². The summed E-state index contributed by atoms with van der Waals surface area (Å²) in [6.45, 7) is 0.0535. The van der Waals surface area contributed by atoms with E-state index in [4.69, 9.17) is 9.84 Å². The molecule has 0 aromatic carbocycles. The van der Waals surface area contributed by atoms with Crippen molar-refractivity contribution in [1.82, 2.24) is 10.2 Å². The highest BCUT2D eigenvalue weighted by molar-refractivity contribution is 5.77. The number of likely N-dealkylation sites (tertiary alicyclic amines) is 1. The number of carbonyl (C=O) groups excluding carboxylic acids is 1. The predicted octanol–water partition coefficient (Wildman–Crippen LogP) is 2.10. The first-order chi connectivity index (χ1) is 11.3. The smallest absolute Gasteiger partial charge is 0.394 e. The Balaban J connectivity index is 1.71. The lowest BCUT2D eigenvalue weighted by Crippen LogP contribution is -2.41. The van der Waals surface area contributed by atoms with Crippen LogP contribution in [0.15, 0.2) is 0 Å². The molecular formula is C15H23F3N2O4. The maximum absolute atomic E-state index is 12.9. The highest BCUT2D eigenvalue weighted by Gasteiger charge is 2.53. The molecule has 1 saturated carbocycles. The molecule has 2 rings (SSSR count). The summed E-state index contributed by atoms with van der Waals surface area (Å²) in [5.41, 5.74) is 0. The van der Waals surface area contributed by atoms with Crippen molar-refractivity contribution < 1.29 is 32.6 Å². The molecule has 0 bridgehead atoms. The van der Waals surface area contributed by atoms with Gasteiger partial charge in [0.05, 0.1) is 18.4 Å². The van der Waals surface area contributed by atoms with Crippen LogP contribution in [0.3, 0.4) is 0 Å². The number of carboxylic acid groups (broad SMARTS) is 1. The van der Waals surface area contributed by atoms with Crippen molar-refractivity contribution in [2.45, 2.75) is 31.9 Å². The summed E-state index contributed by atoms with van der Waals surface area (Å²) in [5.74, 6) is -4.62. The minimum atomic E-state index is -4.64. The zero-order chi connectivity index (χ0) is 17.7. The molecule has 2 atom stereocenters. The lowest BCUT2D eigenvalue weighted by Gasteiger charge is -2.19. The van der Waals surface area contributed by atoms with Gasteiger partial charge in [0.15, 0.2) is 0 Å². The maximum atomic E-state index is 12.9. The van der Waals surface area contributed by atoms with Gasteiger partial charge < -0.3 is 20.1 Å². The summed E-state index contributed by atoms with van der Waals surface area (Å²) in [5, 5.41) is 11.4. The van der Waals surface area contributed by atoms with Gasteiger partial charge in [-0.1, -0.05) is 12.8 Å². The number of carboxylic acids is 1. The maximum Gasteiger partial charge on any atom is 0.394 e. The molecule has 2 amide bonds. The molecule has 1 aliphatic heterocycles. The monoisotopic (exact) mass is 352 g/mol. The van der Waals surface area contributed by atoms with Crippen LogP contribution in [0.4, 0.5) is 18.0 Å². The number of hydrogen-bond donors (Lipinski definition) is 2. The molecule has 2 N–H and O–H groups in total. The van der Waals surface area contributed by atoms with Gasteiger partial charge in [0, 0.05) is 26.2 Å². The largest absolute Gasteiger partial charge is 0.481 e. The van der Waals surface area contributed by atoms with Gasteiger partial charge in [-0.2, -0.15) is 13.2 Å². The molecule has 24 heavy (non-hydrogen) atoms. The van der Waals surface area contributed by atoms with Gasteiger partial charge in [0.25, 0.3) is 0 Å². The summed E-state index contributed by atoms with van der Waals surface area (Å²) >= 11 is 0. The fourth-order valence-corrected chi connectivity index (χ4v) is 3.32. The van der Waals surface area contributed by atoms with Crippen molar-refractivity contribution in [3.63, 3.8) is 0 Å². The highest BCUT2D eigenvalue weighted by Crippen LogP contribution is 2.37. The Morgan fingerprint density at radius 2 is 1.88 bits per heavy atom. The molecule has 2 aliphatic rings. The fraction of sp³-hybridized carbons (Fsp3) is 0.867. The van der Waals surface area contributed by atoms with Crippen LogP contribution in [0.5, 0.6) is 0 Å². The second-order valence-corrected chi connectivity index (χ2v) is 6.46. The zero-order valence-corrected chi connectivity index (χ0v) is 13.3. The summed E-state index contributed by atoms with van der Waals surface area (Å²) in [4.78, 5) is 23.8. The Labute approximate surface area is 138 Å². The zero-order valence-electron chi connectivity index (χ0n) is 13.3. The summed E-state index contributed by atoms with van der Waals surface area (Å²) in [6.07, 6.45) is 0.0866. The third-order valence-corrected chi connectivity index (χ3v) is 4.70. The standard InChI is InChI=1S/C15H23F3N2O4/c16-15(17,18)12-8-20(7-11(12)13(21)22)14(23)19-5-6-24-9-10-3-1-2-4-10/h10-12H,1-9H2,(H,19,23)(H,21,22)/t11-,12-/m1/s1. The molecule has 2 fully saturated rings. The quantitative estimate of drug-likeness (QED) is 0.718. The number of aliphatic carboxylic acids is 1. The highest BCUT2D eigenvalue weighted by atomic mass is 19.4. The summed E-state index contributed by atoms with van der Waals surface area (Å²) in [6, 6.07) is -0.683. The van der Waals surface area contributed by atoms with Crippen LogP contribution in [0.1, 0.15) is 25.7 Å². The van der Waals surface area contributed by atoms with E-state index in [0.717, 1.165) is 17.7 Å². The minimum Gasteiger partial charge on any atom is -0.481 e. The molecule has 0 aromatic rings. The van der Waals surface area contributed by atoms with E-state index in [1.165, 1.54) is 12.8 Å². The SMILES string of the molecule is O=C(O)[C@@H]1CN(C(=O)NCCOCC2CCCC2)C[C@H]1C(F)(F)F. The third-order valence-electron chi connectivity index (χ3n) is 4.70. The Kier molecular flexibility index (Phi) is 6.31. The number of urea groups is 1. The topological polar surface area (TPSA) is 78.9 Å². The number of rotatable bonds is 6. The van der Waals surface area contributed by atoms with Gasteiger partial charge in [-0.3, -0.25) is 4.79 Å². The van der Waals surface area contributed by atoms with Crippen molar-refractivity contribution in [2.24, 2.45) is 17.8 Å². The van der Waals surface area contributed by atoms with E-state index in [1.807, 2.05) is 0 Å². The van der Waals surface area contributed by atoms with E-state index in [1.54, 1.807) is 0 Å². The van der Waals surface area contributed by atoms with E-state index < -0.39 is 43.1 Å². The molecule has 138 valence electrons. The van der Waals surface area contributed by atoms with Crippen molar-refractivity contribution in [3.05, 3.63) is 0 Å². The van der Waals surface area contributed by atoms with Crippen molar-refractivity contribution in [1.29, 1.82) is 0 Å². The number of halogens is 3. The summed E-state index contributed by atoms with van der Waals surface area (Å²) < 4.78 is 44.1. The van der Waals surface area contributed by atoms with E-state index in [0.29, 0.717) is 19.1 Å². The molecule has 0 unspecified atom stereocenters. The lowest BCUT2D eigenvalue weighted by molar-refractivity contribution is -0.187. The van der Waals surface area contributed by atoms with Crippen molar-refractivity contribution in [3.8, 4) is 0 Å². The number of ether oxygens (including phenoxy) is 1. The molecular weight excluding hydrogens is 329 g/mol. The first kappa shape index (κ1) is 18.8. The van der Waals surface area contributed by atoms with Crippen LogP contribution < -0.4 is 5.32 Å². The average Bonchev–Trinajstić information content (AvgIpc) is 3.15. The first-order valence-corrected chi connectivity index (χ1v) is 8.19. The Hall–Kier alpha value is -1.51. The summed E-state index contributed by atoms with van der Waals surface area (Å²) in [7, 11) is 0. The Bertz CT molecular complexity index is 452. The van der Waals surface area contributed by atoms with Crippen LogP contribution >= 0.6 is 0 Å². The number of alkyl halides is 3. The van der Waals surface area contributed by atoms with Crippen molar-refractivity contribution in [2.75, 3.05) is 32.8 Å². The minimum absolute atomic E-state index is 0.191. The lowest BCUT2D eigenvalue weighted by atomic mass is 9.96. The van der Waals surface area contributed by atoms with Gasteiger partial charge in [0.1, 0.15) is 0 Å². The van der Waals surface area contributed by atoms with Crippen LogP contribution in [-0.2, 0) is 9.53 Å². The van der Waals surface area contributed by atoms with Gasteiger partial charge in [-0.15, -0.1) is 0 Å². The van der Waals surface area contributed by atoms with E-state index in [9.17, 15) is 22.8 Å². The predicted molar refractivity (Wildman–Crippen MR) is 78.4 cm³/mol. The van der Waals surface area contributed by atoms with Gasteiger partial charge in [0.2, 0.25) is 0 Å². The average molecular weight is 352 g/mol. The van der Waals surface area contributed by atoms with Gasteiger partial charge in [-0.05, 0) is 18.8 Å². The Morgan fingerprint density at radius 1 is 1.21 bits per heavy atom. The van der Waals surface area contributed by atoms with E-state index in [2.05, 4.69) is 5.32 Å².